The lowest BCUT2D eigenvalue weighted by Crippen LogP contribution is -2.29. The normalized spacial score (nSPS) is 11.8. The molecule has 0 saturated carbocycles. The number of carbonyl (C=O) groups is 1. The summed E-state index contributed by atoms with van der Waals surface area (Å²) < 4.78 is 6.31. The van der Waals surface area contributed by atoms with Gasteiger partial charge in [-0.2, -0.15) is 0 Å². The standard InChI is InChI=1S/C23H24N2O6/c1-14-11-20(28)22(17(13-21(29)31-2)16-5-8-24-9-6-16)23(30)25(14)10-7-15-3-4-18(26)19(27)12-15/h3-6,8-9,11-12,17,26-28H,7,10,13H2,1-2H3/t17-/m0/s1. The van der Waals surface area contributed by atoms with Gasteiger partial charge in [-0.05, 0) is 54.8 Å². The topological polar surface area (TPSA) is 122 Å². The second kappa shape index (κ2) is 9.34. The van der Waals surface area contributed by atoms with E-state index in [9.17, 15) is 24.9 Å². The van der Waals surface area contributed by atoms with Crippen LogP contribution in [0.5, 0.6) is 17.2 Å². The van der Waals surface area contributed by atoms with Gasteiger partial charge in [0.15, 0.2) is 11.5 Å². The number of ether oxygens (including phenoxy) is 1. The van der Waals surface area contributed by atoms with Crippen LogP contribution in [-0.4, -0.2) is 37.9 Å². The van der Waals surface area contributed by atoms with E-state index in [1.165, 1.54) is 29.9 Å². The molecule has 0 amide bonds. The lowest BCUT2D eigenvalue weighted by molar-refractivity contribution is -0.140. The number of rotatable bonds is 7. The first-order valence-corrected chi connectivity index (χ1v) is 9.72. The molecule has 0 bridgehead atoms. The maximum absolute atomic E-state index is 13.4. The zero-order valence-corrected chi connectivity index (χ0v) is 17.3. The summed E-state index contributed by atoms with van der Waals surface area (Å²) in [4.78, 5) is 29.4. The van der Waals surface area contributed by atoms with Crippen molar-refractivity contribution in [3.05, 3.63) is 81.5 Å². The highest BCUT2D eigenvalue weighted by atomic mass is 16.5. The predicted octanol–water partition coefficient (Wildman–Crippen LogP) is 2.61. The largest absolute Gasteiger partial charge is 0.507 e. The maximum Gasteiger partial charge on any atom is 0.306 e. The Morgan fingerprint density at radius 2 is 1.77 bits per heavy atom. The molecule has 2 aromatic heterocycles. The van der Waals surface area contributed by atoms with Crippen molar-refractivity contribution < 1.29 is 24.9 Å². The number of aryl methyl sites for hydroxylation is 2. The van der Waals surface area contributed by atoms with Gasteiger partial charge in [0.1, 0.15) is 5.75 Å². The van der Waals surface area contributed by atoms with Crippen LogP contribution in [0.25, 0.3) is 0 Å². The third-order valence-corrected chi connectivity index (χ3v) is 5.24. The SMILES string of the molecule is COC(=O)C[C@@H](c1ccncc1)c1c(O)cc(C)n(CCc2ccc(O)c(O)c2)c1=O. The molecule has 0 aliphatic heterocycles. The van der Waals surface area contributed by atoms with Crippen LogP contribution in [0.1, 0.15) is 34.7 Å². The Morgan fingerprint density at radius 3 is 2.42 bits per heavy atom. The summed E-state index contributed by atoms with van der Waals surface area (Å²) in [7, 11) is 1.27. The van der Waals surface area contributed by atoms with Crippen LogP contribution >= 0.6 is 0 Å². The summed E-state index contributed by atoms with van der Waals surface area (Å²) in [5.74, 6) is -1.85. The zero-order chi connectivity index (χ0) is 22.5. The Kier molecular flexibility index (Phi) is 6.59. The molecule has 31 heavy (non-hydrogen) atoms. The average Bonchev–Trinajstić information content (AvgIpc) is 2.75. The Bertz CT molecular complexity index is 1140. The Labute approximate surface area is 179 Å². The highest BCUT2D eigenvalue weighted by molar-refractivity contribution is 5.71. The Balaban J connectivity index is 2.02. The monoisotopic (exact) mass is 424 g/mol. The number of pyridine rings is 2. The Morgan fingerprint density at radius 1 is 1.06 bits per heavy atom. The van der Waals surface area contributed by atoms with E-state index in [-0.39, 0.29) is 35.8 Å². The first kappa shape index (κ1) is 21.9. The average molecular weight is 424 g/mol. The van der Waals surface area contributed by atoms with Crippen LogP contribution in [0.2, 0.25) is 0 Å². The number of hydrogen-bond acceptors (Lipinski definition) is 7. The highest BCUT2D eigenvalue weighted by Gasteiger charge is 2.26. The fraction of sp³-hybridized carbons (Fsp3) is 0.261. The number of phenols is 2. The lowest BCUT2D eigenvalue weighted by atomic mass is 9.89. The van der Waals surface area contributed by atoms with Gasteiger partial charge in [-0.1, -0.05) is 6.07 Å². The van der Waals surface area contributed by atoms with E-state index in [2.05, 4.69) is 4.98 Å². The summed E-state index contributed by atoms with van der Waals surface area (Å²) in [5.41, 5.74) is 1.64. The lowest BCUT2D eigenvalue weighted by Gasteiger charge is -2.20. The number of benzene rings is 1. The van der Waals surface area contributed by atoms with Crippen molar-refractivity contribution in [1.29, 1.82) is 0 Å². The first-order chi connectivity index (χ1) is 14.8. The minimum atomic E-state index is -0.701. The molecule has 0 aliphatic rings. The molecule has 8 nitrogen and oxygen atoms in total. The van der Waals surface area contributed by atoms with Crippen molar-refractivity contribution in [2.45, 2.75) is 32.2 Å². The Hall–Kier alpha value is -3.81. The predicted molar refractivity (Wildman–Crippen MR) is 113 cm³/mol. The maximum atomic E-state index is 13.4. The zero-order valence-electron chi connectivity index (χ0n) is 17.3. The number of esters is 1. The molecule has 8 heteroatoms. The van der Waals surface area contributed by atoms with Gasteiger partial charge < -0.3 is 24.6 Å². The van der Waals surface area contributed by atoms with Gasteiger partial charge in [-0.15, -0.1) is 0 Å². The summed E-state index contributed by atoms with van der Waals surface area (Å²) in [6, 6.07) is 9.36. The molecule has 3 N–H and O–H groups in total. The van der Waals surface area contributed by atoms with Gasteiger partial charge in [0, 0.05) is 30.6 Å². The van der Waals surface area contributed by atoms with E-state index in [1.54, 1.807) is 37.5 Å². The quantitative estimate of drug-likeness (QED) is 0.394. The van der Waals surface area contributed by atoms with Crippen LogP contribution in [0.3, 0.4) is 0 Å². The molecular formula is C23H24N2O6. The van der Waals surface area contributed by atoms with Crippen LogP contribution in [0.15, 0.2) is 53.6 Å². The summed E-state index contributed by atoms with van der Waals surface area (Å²) >= 11 is 0. The third-order valence-electron chi connectivity index (χ3n) is 5.24. The number of methoxy groups -OCH3 is 1. The number of carbonyl (C=O) groups excluding carboxylic acids is 1. The van der Waals surface area contributed by atoms with Crippen molar-refractivity contribution >= 4 is 5.97 Å². The molecule has 0 spiro atoms. The molecular weight excluding hydrogens is 400 g/mol. The molecule has 0 fully saturated rings. The molecule has 0 saturated heterocycles. The summed E-state index contributed by atoms with van der Waals surface area (Å²) in [6.45, 7) is 1.99. The fourth-order valence-corrected chi connectivity index (χ4v) is 3.57. The van der Waals surface area contributed by atoms with Crippen LogP contribution < -0.4 is 5.56 Å². The van der Waals surface area contributed by atoms with Crippen LogP contribution in [0, 0.1) is 6.92 Å². The second-order valence-electron chi connectivity index (χ2n) is 7.23. The minimum Gasteiger partial charge on any atom is -0.507 e. The van der Waals surface area contributed by atoms with Crippen molar-refractivity contribution in [2.75, 3.05) is 7.11 Å². The van der Waals surface area contributed by atoms with Crippen molar-refractivity contribution in [3.8, 4) is 17.2 Å². The highest BCUT2D eigenvalue weighted by Crippen LogP contribution is 2.32. The van der Waals surface area contributed by atoms with E-state index in [0.717, 1.165) is 5.56 Å². The molecule has 1 atom stereocenters. The minimum absolute atomic E-state index is 0.107. The van der Waals surface area contributed by atoms with Gasteiger partial charge in [0.2, 0.25) is 0 Å². The van der Waals surface area contributed by atoms with E-state index >= 15 is 0 Å². The molecule has 0 aliphatic carbocycles. The molecule has 0 radical (unpaired) electrons. The molecule has 3 rings (SSSR count). The molecule has 162 valence electrons. The smallest absolute Gasteiger partial charge is 0.306 e. The number of hydrogen-bond donors (Lipinski definition) is 3. The molecule has 2 heterocycles. The van der Waals surface area contributed by atoms with Gasteiger partial charge in [0.05, 0.1) is 19.1 Å². The summed E-state index contributed by atoms with van der Waals surface area (Å²) in [5, 5.41) is 29.8. The molecule has 3 aromatic rings. The van der Waals surface area contributed by atoms with Gasteiger partial charge in [0.25, 0.3) is 5.56 Å². The van der Waals surface area contributed by atoms with Crippen LogP contribution in [-0.2, 0) is 22.5 Å². The third kappa shape index (κ3) is 4.85. The van der Waals surface area contributed by atoms with Crippen molar-refractivity contribution in [1.82, 2.24) is 9.55 Å². The number of phenolic OH excluding ortho intramolecular Hbond substituents is 2. The van der Waals surface area contributed by atoms with Crippen LogP contribution in [0.4, 0.5) is 0 Å². The van der Waals surface area contributed by atoms with E-state index in [0.29, 0.717) is 17.7 Å². The van der Waals surface area contributed by atoms with Crippen molar-refractivity contribution in [3.63, 3.8) is 0 Å². The molecule has 1 aromatic carbocycles. The van der Waals surface area contributed by atoms with Gasteiger partial charge in [-0.3, -0.25) is 14.6 Å². The second-order valence-corrected chi connectivity index (χ2v) is 7.23. The van der Waals surface area contributed by atoms with E-state index in [4.69, 9.17) is 4.74 Å². The van der Waals surface area contributed by atoms with E-state index in [1.807, 2.05) is 0 Å². The number of aromatic nitrogens is 2. The van der Waals surface area contributed by atoms with E-state index < -0.39 is 17.4 Å². The fourth-order valence-electron chi connectivity index (χ4n) is 3.57. The van der Waals surface area contributed by atoms with Gasteiger partial charge >= 0.3 is 5.97 Å². The van der Waals surface area contributed by atoms with Crippen molar-refractivity contribution in [2.24, 2.45) is 0 Å². The van der Waals surface area contributed by atoms with Gasteiger partial charge in [-0.25, -0.2) is 0 Å². The molecule has 0 unspecified atom stereocenters. The first-order valence-electron chi connectivity index (χ1n) is 9.72. The number of nitrogens with zero attached hydrogens (tertiary/aromatic N) is 2. The summed E-state index contributed by atoms with van der Waals surface area (Å²) in [6.07, 6.45) is 3.41. The number of aromatic hydroxyl groups is 3.